The number of Topliss-reactive ketones (excluding diaryl/α,β-unsaturated/α-hetero) is 2. The maximum atomic E-state index is 11.1. The van der Waals surface area contributed by atoms with E-state index in [1.54, 1.807) is 0 Å². The van der Waals surface area contributed by atoms with Gasteiger partial charge >= 0.3 is 5.97 Å². The van der Waals surface area contributed by atoms with Gasteiger partial charge in [-0.25, -0.2) is 0 Å². The van der Waals surface area contributed by atoms with Crippen LogP contribution >= 0.6 is 0 Å². The molecular weight excluding hydrogens is 148 g/mol. The van der Waals surface area contributed by atoms with Crippen molar-refractivity contribution in [1.82, 2.24) is 0 Å². The molecule has 0 saturated heterocycles. The summed E-state index contributed by atoms with van der Waals surface area (Å²) in [4.78, 5) is 32.3. The Hall–Kier alpha value is -1.19. The number of carbonyl (C=O) groups excluding carboxylic acids is 2. The summed E-state index contributed by atoms with van der Waals surface area (Å²) in [5, 5.41) is 8.30. The van der Waals surface area contributed by atoms with Crippen molar-refractivity contribution in [1.29, 1.82) is 0 Å². The Morgan fingerprint density at radius 2 is 2.18 bits per heavy atom. The van der Waals surface area contributed by atoms with Crippen LogP contribution in [0, 0.1) is 0 Å². The van der Waals surface area contributed by atoms with Crippen LogP contribution in [-0.2, 0) is 14.4 Å². The molecule has 0 aliphatic heterocycles. The van der Waals surface area contributed by atoms with Crippen LogP contribution in [0.3, 0.4) is 0 Å². The maximum Gasteiger partial charge on any atom is 0.303 e. The first-order chi connectivity index (χ1) is 6.97. The number of hydrogen-bond donors (Lipinski definition) is 1. The van der Waals surface area contributed by atoms with Crippen molar-refractivity contribution < 1.29 is 26.3 Å². The predicted octanol–water partition coefficient (Wildman–Crippen LogP) is 0.399. The quantitative estimate of drug-likeness (QED) is 0.595. The molecule has 0 amide bonds. The zero-order valence-corrected chi connectivity index (χ0v) is 5.59. The SMILES string of the molecule is [2H]C([2H])([2H])C(=O)CC(=O)C([2H])([2H])CC(=O)O. The number of ketones is 2. The van der Waals surface area contributed by atoms with Gasteiger partial charge in [0.05, 0.1) is 12.8 Å². The highest BCUT2D eigenvalue weighted by Gasteiger charge is 2.07. The molecule has 1 N–H and O–H groups in total. The molecule has 0 fully saturated rings. The fourth-order valence-electron chi connectivity index (χ4n) is 0.383. The number of rotatable bonds is 5. The van der Waals surface area contributed by atoms with Crippen molar-refractivity contribution in [2.24, 2.45) is 0 Å². The van der Waals surface area contributed by atoms with E-state index in [0.29, 0.717) is 0 Å². The van der Waals surface area contributed by atoms with Gasteiger partial charge in [-0.15, -0.1) is 0 Å². The van der Waals surface area contributed by atoms with Gasteiger partial charge in [-0.2, -0.15) is 0 Å². The van der Waals surface area contributed by atoms with E-state index in [0.717, 1.165) is 0 Å². The molecule has 0 radical (unpaired) electrons. The Kier molecular flexibility index (Phi) is 1.67. The van der Waals surface area contributed by atoms with Crippen molar-refractivity contribution in [3.8, 4) is 0 Å². The van der Waals surface area contributed by atoms with Gasteiger partial charge in [-0.05, 0) is 6.85 Å². The summed E-state index contributed by atoms with van der Waals surface area (Å²) in [7, 11) is 0. The molecule has 4 nitrogen and oxygen atoms in total. The minimum Gasteiger partial charge on any atom is -0.481 e. The maximum absolute atomic E-state index is 11.1. The fourth-order valence-corrected chi connectivity index (χ4v) is 0.383. The number of hydrogen-bond acceptors (Lipinski definition) is 3. The van der Waals surface area contributed by atoms with Crippen LogP contribution in [0.25, 0.3) is 0 Å². The number of carboxylic acids is 1. The Balaban J connectivity index is 4.59. The normalized spacial score (nSPS) is 18.4. The summed E-state index contributed by atoms with van der Waals surface area (Å²) in [5.74, 6) is -4.28. The third-order valence-corrected chi connectivity index (χ3v) is 0.758. The van der Waals surface area contributed by atoms with Gasteiger partial charge in [-0.3, -0.25) is 14.4 Å². The standard InChI is InChI=1S/C7H10O4/c1-5(8)4-6(9)2-3-7(10)11/h2-4H2,1H3,(H,10,11)/i1D3,2D2. The minimum absolute atomic E-state index is 1.10. The van der Waals surface area contributed by atoms with Gasteiger partial charge in [0.25, 0.3) is 0 Å². The van der Waals surface area contributed by atoms with Gasteiger partial charge in [0.15, 0.2) is 0 Å². The lowest BCUT2D eigenvalue weighted by Crippen LogP contribution is -2.06. The van der Waals surface area contributed by atoms with Crippen LogP contribution in [0.4, 0.5) is 0 Å². The molecule has 4 heteroatoms. The largest absolute Gasteiger partial charge is 0.481 e. The lowest BCUT2D eigenvalue weighted by Gasteiger charge is -1.93. The molecule has 0 aromatic heterocycles. The lowest BCUT2D eigenvalue weighted by atomic mass is 10.1. The van der Waals surface area contributed by atoms with Crippen LogP contribution in [0.1, 0.15) is 32.9 Å². The van der Waals surface area contributed by atoms with Gasteiger partial charge in [0, 0.05) is 13.2 Å². The molecule has 0 spiro atoms. The molecule has 0 aliphatic rings. The highest BCUT2D eigenvalue weighted by molar-refractivity contribution is 5.98. The molecule has 0 unspecified atom stereocenters. The predicted molar refractivity (Wildman–Crippen MR) is 37.2 cm³/mol. The van der Waals surface area contributed by atoms with E-state index in [4.69, 9.17) is 12.0 Å². The van der Waals surface area contributed by atoms with Gasteiger partial charge in [0.1, 0.15) is 11.6 Å². The summed E-state index contributed by atoms with van der Waals surface area (Å²) in [5.41, 5.74) is 0. The zero-order valence-electron chi connectivity index (χ0n) is 10.6. The van der Waals surface area contributed by atoms with E-state index < -0.39 is 43.6 Å². The fraction of sp³-hybridized carbons (Fsp3) is 0.571. The molecule has 0 heterocycles. The minimum atomic E-state index is -2.98. The van der Waals surface area contributed by atoms with Gasteiger partial charge < -0.3 is 5.11 Å². The second-order valence-corrected chi connectivity index (χ2v) is 1.77. The zero-order chi connectivity index (χ0) is 13.1. The van der Waals surface area contributed by atoms with E-state index in [2.05, 4.69) is 0 Å². The second-order valence-electron chi connectivity index (χ2n) is 1.77. The number of carboxylic acid groups (broad SMARTS) is 1. The van der Waals surface area contributed by atoms with Crippen molar-refractivity contribution >= 4 is 17.5 Å². The van der Waals surface area contributed by atoms with E-state index in [9.17, 15) is 14.4 Å². The highest BCUT2D eigenvalue weighted by atomic mass is 16.4. The summed E-state index contributed by atoms with van der Waals surface area (Å²) >= 11 is 0. The molecule has 0 aromatic rings. The van der Waals surface area contributed by atoms with Crippen LogP contribution in [0.2, 0.25) is 0 Å². The topological polar surface area (TPSA) is 71.4 Å². The molecule has 62 valence electrons. The molecule has 0 atom stereocenters. The number of aliphatic carboxylic acids is 1. The molecule has 0 bridgehead atoms. The van der Waals surface area contributed by atoms with E-state index >= 15 is 0 Å². The van der Waals surface area contributed by atoms with Gasteiger partial charge in [0.2, 0.25) is 0 Å². The van der Waals surface area contributed by atoms with Gasteiger partial charge in [-0.1, -0.05) is 0 Å². The number of carbonyl (C=O) groups is 3. The Bertz CT molecular complexity index is 319. The first kappa shape index (κ1) is 3.99. The average Bonchev–Trinajstić information content (AvgIpc) is 1.99. The molecule has 11 heavy (non-hydrogen) atoms. The van der Waals surface area contributed by atoms with Crippen LogP contribution in [0.5, 0.6) is 0 Å². The van der Waals surface area contributed by atoms with Crippen LogP contribution in [0.15, 0.2) is 0 Å². The summed E-state index contributed by atoms with van der Waals surface area (Å²) in [6.07, 6.45) is -4.95. The van der Waals surface area contributed by atoms with Crippen LogP contribution in [-0.4, -0.2) is 22.6 Å². The van der Waals surface area contributed by atoms with E-state index in [-0.39, 0.29) is 0 Å². The smallest absolute Gasteiger partial charge is 0.303 e. The summed E-state index contributed by atoms with van der Waals surface area (Å²) in [6, 6.07) is 0. The molecule has 0 rings (SSSR count). The van der Waals surface area contributed by atoms with Crippen LogP contribution < -0.4 is 0 Å². The summed E-state index contributed by atoms with van der Waals surface area (Å²) < 4.78 is 34.1. The lowest BCUT2D eigenvalue weighted by molar-refractivity contribution is -0.139. The Labute approximate surface area is 71.2 Å². The molecular formula is C7H10O4. The van der Waals surface area contributed by atoms with Crippen molar-refractivity contribution in [3.63, 3.8) is 0 Å². The third kappa shape index (κ3) is 6.70. The molecule has 0 saturated carbocycles. The first-order valence-electron chi connectivity index (χ1n) is 5.25. The Morgan fingerprint density at radius 3 is 2.64 bits per heavy atom. The molecule has 0 aliphatic carbocycles. The van der Waals surface area contributed by atoms with E-state index in [1.165, 1.54) is 0 Å². The van der Waals surface area contributed by atoms with Crippen molar-refractivity contribution in [2.75, 3.05) is 0 Å². The monoisotopic (exact) mass is 163 g/mol. The third-order valence-electron chi connectivity index (χ3n) is 0.758. The Morgan fingerprint density at radius 1 is 1.55 bits per heavy atom. The van der Waals surface area contributed by atoms with Crippen molar-refractivity contribution in [3.05, 3.63) is 0 Å². The second kappa shape index (κ2) is 4.60. The first-order valence-corrected chi connectivity index (χ1v) is 2.75. The highest BCUT2D eigenvalue weighted by Crippen LogP contribution is 1.95. The van der Waals surface area contributed by atoms with Crippen molar-refractivity contribution in [2.45, 2.75) is 26.1 Å². The molecule has 0 aromatic carbocycles. The average molecular weight is 163 g/mol. The van der Waals surface area contributed by atoms with E-state index in [1.807, 2.05) is 0 Å². The summed E-state index contributed by atoms with van der Waals surface area (Å²) in [6.45, 7) is -2.98.